The van der Waals surface area contributed by atoms with Crippen molar-refractivity contribution in [3.8, 4) is 0 Å². The Morgan fingerprint density at radius 2 is 0.550 bits per heavy atom. The zero-order chi connectivity index (χ0) is 52.2. The summed E-state index contributed by atoms with van der Waals surface area (Å²) in [6.45, 7) is 0. The van der Waals surface area contributed by atoms with Crippen LogP contribution in [-0.2, 0) is 0 Å². The molecule has 0 aliphatic carbocycles. The minimum Gasteiger partial charge on any atom is -0.456 e. The molecule has 0 unspecified atom stereocenters. The molecule has 0 amide bonds. The molecule has 6 nitrogen and oxygen atoms in total. The summed E-state index contributed by atoms with van der Waals surface area (Å²) in [5, 5.41) is 20.1. The van der Waals surface area contributed by atoms with E-state index in [0.29, 0.717) is 0 Å². The van der Waals surface area contributed by atoms with Gasteiger partial charge in [-0.05, 0) is 128 Å². The number of fused-ring (bicyclic) bond motifs is 21. The molecule has 0 saturated carbocycles. The van der Waals surface area contributed by atoms with Crippen molar-refractivity contribution in [1.29, 1.82) is 0 Å². The monoisotopic (exact) mass is 1020 g/mol. The van der Waals surface area contributed by atoms with Crippen LogP contribution < -0.4 is 9.80 Å². The number of rotatable bonds is 6. The lowest BCUT2D eigenvalue weighted by atomic mass is 9.98. The van der Waals surface area contributed by atoms with Crippen molar-refractivity contribution in [2.75, 3.05) is 9.80 Å². The maximum atomic E-state index is 6.88. The smallest absolute Gasteiger partial charge is 0.138 e. The Balaban J connectivity index is 0.761. The van der Waals surface area contributed by atoms with E-state index in [1.807, 2.05) is 0 Å². The van der Waals surface area contributed by atoms with Crippen LogP contribution in [0.4, 0.5) is 34.1 Å². The maximum Gasteiger partial charge on any atom is 0.138 e. The molecule has 14 aromatic carbocycles. The van der Waals surface area contributed by atoms with Gasteiger partial charge in [0.1, 0.15) is 44.7 Å². The number of anilines is 6. The SMILES string of the molecule is c1ccc(N(c2ccc3c(c2)oc2cc4cc5c(cc4cc23)oc2cc(N(c3ccccc3)c3cc4oc6ccc7ccccc7c6c4c4ccccc34)ccc25)c2cc3oc4ccc5ccccc5c4c3c3ccccc23)cc1. The van der Waals surface area contributed by atoms with Crippen molar-refractivity contribution >= 4 is 176 Å². The Labute approximate surface area is 455 Å². The summed E-state index contributed by atoms with van der Waals surface area (Å²) >= 11 is 0. The number of hydrogen-bond acceptors (Lipinski definition) is 6. The van der Waals surface area contributed by atoms with Gasteiger partial charge in [0, 0.05) is 101 Å². The lowest BCUT2D eigenvalue weighted by molar-refractivity contribution is 0.668. The average Bonchev–Trinajstić information content (AvgIpc) is 4.30. The van der Waals surface area contributed by atoms with Gasteiger partial charge in [-0.1, -0.05) is 146 Å². The third-order valence-corrected chi connectivity index (χ3v) is 16.7. The highest BCUT2D eigenvalue weighted by molar-refractivity contribution is 6.30. The topological polar surface area (TPSA) is 59.0 Å². The molecule has 18 aromatic rings. The second-order valence-corrected chi connectivity index (χ2v) is 21.1. The summed E-state index contributed by atoms with van der Waals surface area (Å²) in [5.74, 6) is 0. The van der Waals surface area contributed by atoms with Gasteiger partial charge in [-0.2, -0.15) is 0 Å². The van der Waals surface area contributed by atoms with Crippen LogP contribution >= 0.6 is 0 Å². The van der Waals surface area contributed by atoms with Crippen molar-refractivity contribution in [3.05, 3.63) is 255 Å². The van der Waals surface area contributed by atoms with Crippen molar-refractivity contribution in [1.82, 2.24) is 0 Å². The summed E-state index contributed by atoms with van der Waals surface area (Å²) in [6, 6.07) is 90.5. The molecule has 0 spiro atoms. The third kappa shape index (κ3) is 6.24. The predicted octanol–water partition coefficient (Wildman–Crippen LogP) is 22.0. The van der Waals surface area contributed by atoms with Crippen molar-refractivity contribution in [2.45, 2.75) is 0 Å². The van der Waals surface area contributed by atoms with Crippen LogP contribution in [0.15, 0.2) is 272 Å². The molecular formula is C74H42N2O4. The minimum atomic E-state index is 0.805. The molecule has 372 valence electrons. The Bertz CT molecular complexity index is 5280. The highest BCUT2D eigenvalue weighted by Crippen LogP contribution is 2.50. The lowest BCUT2D eigenvalue weighted by Gasteiger charge is -2.27. The first-order valence-corrected chi connectivity index (χ1v) is 27.1. The maximum absolute atomic E-state index is 6.88. The van der Waals surface area contributed by atoms with Gasteiger partial charge in [0.2, 0.25) is 0 Å². The molecule has 4 heterocycles. The molecule has 80 heavy (non-hydrogen) atoms. The van der Waals surface area contributed by atoms with Crippen LogP contribution in [-0.4, -0.2) is 0 Å². The van der Waals surface area contributed by atoms with E-state index < -0.39 is 0 Å². The summed E-state index contributed by atoms with van der Waals surface area (Å²) < 4.78 is 27.3. The highest BCUT2D eigenvalue weighted by Gasteiger charge is 2.25. The van der Waals surface area contributed by atoms with Crippen LogP contribution in [0.5, 0.6) is 0 Å². The van der Waals surface area contributed by atoms with Crippen LogP contribution in [0.2, 0.25) is 0 Å². The average molecular weight is 1020 g/mol. The van der Waals surface area contributed by atoms with E-state index in [4.69, 9.17) is 17.7 Å². The molecule has 4 aromatic heterocycles. The van der Waals surface area contributed by atoms with E-state index in [-0.39, 0.29) is 0 Å². The van der Waals surface area contributed by atoms with E-state index in [9.17, 15) is 0 Å². The van der Waals surface area contributed by atoms with Crippen LogP contribution in [0.25, 0.3) is 142 Å². The number of furan rings is 4. The molecule has 6 heteroatoms. The van der Waals surface area contributed by atoms with Crippen LogP contribution in [0, 0.1) is 0 Å². The van der Waals surface area contributed by atoms with E-state index in [1.54, 1.807) is 0 Å². The molecule has 0 radical (unpaired) electrons. The van der Waals surface area contributed by atoms with Crippen molar-refractivity contribution in [2.24, 2.45) is 0 Å². The zero-order valence-corrected chi connectivity index (χ0v) is 42.8. The fourth-order valence-corrected chi connectivity index (χ4v) is 13.2. The van der Waals surface area contributed by atoms with Gasteiger partial charge in [0.05, 0.1) is 11.4 Å². The van der Waals surface area contributed by atoms with Gasteiger partial charge in [-0.25, -0.2) is 0 Å². The standard InChI is InChI=1S/C74H42N2O4/c1-3-17-47(18-4-1)75(61-41-69-73(57-25-13-11-23-53(57)61)71-51-21-9-7-15-43(51)27-33-63(71)77-69)49-29-31-55-59-35-45-38-66-60(36-46(45)37-65(59)79-67(55)39-49)56-32-30-50(40-68(56)80-66)76(48-19-5-2-6-20-48)62-42-70-74(58-26-14-12-24-54(58)62)72-52-22-10-8-16-44(52)28-34-64(72)78-70/h1-42H. The first-order valence-electron chi connectivity index (χ1n) is 27.1. The Morgan fingerprint density at radius 3 is 1.00 bits per heavy atom. The van der Waals surface area contributed by atoms with Crippen LogP contribution in [0.3, 0.4) is 0 Å². The number of para-hydroxylation sites is 2. The van der Waals surface area contributed by atoms with Gasteiger partial charge >= 0.3 is 0 Å². The quantitative estimate of drug-likeness (QED) is 0.165. The summed E-state index contributed by atoms with van der Waals surface area (Å²) in [6.07, 6.45) is 0. The molecule has 0 fully saturated rings. The molecule has 0 aliphatic rings. The van der Waals surface area contributed by atoms with Crippen molar-refractivity contribution < 1.29 is 17.7 Å². The Morgan fingerprint density at radius 1 is 0.188 bits per heavy atom. The first kappa shape index (κ1) is 43.3. The summed E-state index contributed by atoms with van der Waals surface area (Å²) in [7, 11) is 0. The van der Waals surface area contributed by atoms with Crippen molar-refractivity contribution in [3.63, 3.8) is 0 Å². The predicted molar refractivity (Wildman–Crippen MR) is 332 cm³/mol. The van der Waals surface area contributed by atoms with Gasteiger partial charge in [0.25, 0.3) is 0 Å². The van der Waals surface area contributed by atoms with Gasteiger partial charge in [-0.15, -0.1) is 0 Å². The summed E-state index contributed by atoms with van der Waals surface area (Å²) in [5.41, 5.74) is 12.7. The molecule has 0 atom stereocenters. The second-order valence-electron chi connectivity index (χ2n) is 21.1. The van der Waals surface area contributed by atoms with Gasteiger partial charge in [0.15, 0.2) is 0 Å². The zero-order valence-electron chi connectivity index (χ0n) is 42.8. The molecule has 0 saturated heterocycles. The number of benzene rings is 14. The minimum absolute atomic E-state index is 0.805. The fourth-order valence-electron chi connectivity index (χ4n) is 13.2. The van der Waals surface area contributed by atoms with E-state index in [0.717, 1.165) is 154 Å². The molecule has 0 bridgehead atoms. The molecule has 0 aliphatic heterocycles. The van der Waals surface area contributed by atoms with E-state index in [1.165, 1.54) is 21.5 Å². The largest absolute Gasteiger partial charge is 0.456 e. The first-order chi connectivity index (χ1) is 39.6. The summed E-state index contributed by atoms with van der Waals surface area (Å²) in [4.78, 5) is 4.64. The Kier molecular flexibility index (Phi) is 8.85. The highest BCUT2D eigenvalue weighted by atomic mass is 16.3. The number of nitrogens with zero attached hydrogens (tertiary/aromatic N) is 2. The van der Waals surface area contributed by atoms with Crippen LogP contribution in [0.1, 0.15) is 0 Å². The fraction of sp³-hybridized carbons (Fsp3) is 0. The third-order valence-electron chi connectivity index (χ3n) is 16.7. The normalized spacial score (nSPS) is 12.2. The van der Waals surface area contributed by atoms with E-state index in [2.05, 4.69) is 265 Å². The second kappa shape index (κ2) is 16.4. The molecule has 0 N–H and O–H groups in total. The lowest BCUT2D eigenvalue weighted by Crippen LogP contribution is -2.10. The van der Waals surface area contributed by atoms with Gasteiger partial charge < -0.3 is 27.5 Å². The number of hydrogen-bond donors (Lipinski definition) is 0. The van der Waals surface area contributed by atoms with E-state index >= 15 is 0 Å². The molecular weight excluding hydrogens is 981 g/mol. The Hall–Kier alpha value is -10.8. The van der Waals surface area contributed by atoms with Gasteiger partial charge in [-0.3, -0.25) is 0 Å². The molecule has 18 rings (SSSR count).